The Morgan fingerprint density at radius 1 is 1.17 bits per heavy atom. The molecule has 6 nitrogen and oxygen atoms in total. The van der Waals surface area contributed by atoms with Gasteiger partial charge in [0, 0.05) is 31.3 Å². The number of halogens is 1. The highest BCUT2D eigenvalue weighted by atomic mass is 32.2. The lowest BCUT2D eigenvalue weighted by molar-refractivity contribution is 0.260. The summed E-state index contributed by atoms with van der Waals surface area (Å²) in [5, 5.41) is 0. The molecule has 0 amide bonds. The minimum atomic E-state index is -3.94. The molecular formula is C16H23FN2O4S. The lowest BCUT2D eigenvalue weighted by atomic mass is 9.78. The molecule has 3 unspecified atom stereocenters. The van der Waals surface area contributed by atoms with Crippen LogP contribution in [0.25, 0.3) is 0 Å². The van der Waals surface area contributed by atoms with E-state index in [1.807, 2.05) is 0 Å². The van der Waals surface area contributed by atoms with Crippen molar-refractivity contribution in [1.82, 2.24) is 4.31 Å². The van der Waals surface area contributed by atoms with Gasteiger partial charge in [0.25, 0.3) is 0 Å². The number of nitrogens with two attached hydrogens (primary N) is 1. The van der Waals surface area contributed by atoms with Crippen LogP contribution in [-0.4, -0.2) is 46.1 Å². The summed E-state index contributed by atoms with van der Waals surface area (Å²) in [4.78, 5) is -0.382. The zero-order valence-corrected chi connectivity index (χ0v) is 14.7. The summed E-state index contributed by atoms with van der Waals surface area (Å²) < 4.78 is 51.7. The molecule has 3 atom stereocenters. The Bertz CT molecular complexity index is 725. The van der Waals surface area contributed by atoms with Crippen molar-refractivity contribution in [2.75, 3.05) is 27.3 Å². The van der Waals surface area contributed by atoms with Gasteiger partial charge in [-0.25, -0.2) is 12.8 Å². The number of methoxy groups -OCH3 is 2. The van der Waals surface area contributed by atoms with Crippen molar-refractivity contribution < 1.29 is 22.3 Å². The number of sulfonamides is 1. The van der Waals surface area contributed by atoms with Gasteiger partial charge in [-0.15, -0.1) is 0 Å². The van der Waals surface area contributed by atoms with Crippen LogP contribution < -0.4 is 15.2 Å². The molecule has 1 saturated heterocycles. The second-order valence-electron chi connectivity index (χ2n) is 6.48. The number of hydrogen-bond donors (Lipinski definition) is 1. The van der Waals surface area contributed by atoms with E-state index in [9.17, 15) is 12.8 Å². The first kappa shape index (κ1) is 17.4. The van der Waals surface area contributed by atoms with Gasteiger partial charge >= 0.3 is 0 Å². The lowest BCUT2D eigenvalue weighted by Crippen LogP contribution is -2.38. The second-order valence-corrected chi connectivity index (χ2v) is 8.38. The van der Waals surface area contributed by atoms with Crippen molar-refractivity contribution in [1.29, 1.82) is 0 Å². The predicted molar refractivity (Wildman–Crippen MR) is 87.1 cm³/mol. The topological polar surface area (TPSA) is 81.9 Å². The number of fused-ring (bicyclic) bond motifs is 1. The van der Waals surface area contributed by atoms with Crippen LogP contribution in [0.2, 0.25) is 0 Å². The standard InChI is InChI=1S/C16H23FN2O4S/c1-22-14-6-12(17)16(7-15(14)23-2)24(20,21)19-8-10-4-3-5-13(18)11(10)9-19/h6-7,10-11,13H,3-5,8-9,18H2,1-2H3. The lowest BCUT2D eigenvalue weighted by Gasteiger charge is -2.29. The molecule has 3 rings (SSSR count). The fourth-order valence-corrected chi connectivity index (χ4v) is 5.44. The molecule has 1 aromatic rings. The maximum Gasteiger partial charge on any atom is 0.246 e. The minimum Gasteiger partial charge on any atom is -0.493 e. The number of hydrogen-bond acceptors (Lipinski definition) is 5. The molecule has 8 heteroatoms. The van der Waals surface area contributed by atoms with E-state index in [0.717, 1.165) is 25.3 Å². The summed E-state index contributed by atoms with van der Waals surface area (Å²) in [6.45, 7) is 0.746. The van der Waals surface area contributed by atoms with Crippen molar-refractivity contribution in [2.45, 2.75) is 30.2 Å². The van der Waals surface area contributed by atoms with E-state index < -0.39 is 15.8 Å². The van der Waals surface area contributed by atoms with E-state index in [4.69, 9.17) is 15.2 Å². The van der Waals surface area contributed by atoms with Crippen LogP contribution in [-0.2, 0) is 10.0 Å². The highest BCUT2D eigenvalue weighted by molar-refractivity contribution is 7.89. The van der Waals surface area contributed by atoms with E-state index in [1.54, 1.807) is 0 Å². The zero-order chi connectivity index (χ0) is 17.5. The normalized spacial score (nSPS) is 27.8. The highest BCUT2D eigenvalue weighted by Crippen LogP contribution is 2.39. The van der Waals surface area contributed by atoms with Gasteiger partial charge in [-0.1, -0.05) is 6.42 Å². The molecule has 1 aromatic carbocycles. The minimum absolute atomic E-state index is 0.0131. The van der Waals surface area contributed by atoms with Gasteiger partial charge in [-0.05, 0) is 24.7 Å². The molecule has 1 heterocycles. The third kappa shape index (κ3) is 2.87. The first-order valence-corrected chi connectivity index (χ1v) is 9.49. The first-order valence-electron chi connectivity index (χ1n) is 8.05. The predicted octanol–water partition coefficient (Wildman–Crippen LogP) is 1.59. The monoisotopic (exact) mass is 358 g/mol. The van der Waals surface area contributed by atoms with E-state index in [-0.39, 0.29) is 34.3 Å². The number of benzene rings is 1. The summed E-state index contributed by atoms with van der Waals surface area (Å²) >= 11 is 0. The third-order valence-corrected chi connectivity index (χ3v) is 7.02. The smallest absolute Gasteiger partial charge is 0.246 e. The van der Waals surface area contributed by atoms with Crippen molar-refractivity contribution in [3.05, 3.63) is 17.9 Å². The van der Waals surface area contributed by atoms with Gasteiger partial charge < -0.3 is 15.2 Å². The molecule has 0 spiro atoms. The van der Waals surface area contributed by atoms with Crippen LogP contribution in [0, 0.1) is 17.7 Å². The van der Waals surface area contributed by atoms with E-state index in [2.05, 4.69) is 0 Å². The Morgan fingerprint density at radius 2 is 1.83 bits per heavy atom. The van der Waals surface area contributed by atoms with Crippen LogP contribution >= 0.6 is 0 Å². The molecule has 2 N–H and O–H groups in total. The fraction of sp³-hybridized carbons (Fsp3) is 0.625. The van der Waals surface area contributed by atoms with Crippen LogP contribution in [0.5, 0.6) is 11.5 Å². The van der Waals surface area contributed by atoms with Crippen molar-refractivity contribution >= 4 is 10.0 Å². The van der Waals surface area contributed by atoms with Gasteiger partial charge in [0.2, 0.25) is 10.0 Å². The average molecular weight is 358 g/mol. The van der Waals surface area contributed by atoms with Crippen molar-refractivity contribution in [2.24, 2.45) is 17.6 Å². The Hall–Kier alpha value is -1.38. The quantitative estimate of drug-likeness (QED) is 0.884. The third-order valence-electron chi connectivity index (χ3n) is 5.18. The molecule has 2 fully saturated rings. The van der Waals surface area contributed by atoms with E-state index in [1.165, 1.54) is 24.6 Å². The first-order chi connectivity index (χ1) is 11.4. The van der Waals surface area contributed by atoms with Crippen LogP contribution in [0.4, 0.5) is 4.39 Å². The summed E-state index contributed by atoms with van der Waals surface area (Å²) in [5.74, 6) is -0.0906. The Kier molecular flexibility index (Phi) is 4.72. The molecule has 1 saturated carbocycles. The molecule has 1 aliphatic heterocycles. The van der Waals surface area contributed by atoms with Gasteiger partial charge in [-0.2, -0.15) is 4.31 Å². The highest BCUT2D eigenvalue weighted by Gasteiger charge is 2.44. The molecule has 1 aliphatic carbocycles. The maximum atomic E-state index is 14.4. The summed E-state index contributed by atoms with van der Waals surface area (Å²) in [6.07, 6.45) is 2.90. The van der Waals surface area contributed by atoms with Crippen LogP contribution in [0.15, 0.2) is 17.0 Å². The zero-order valence-electron chi connectivity index (χ0n) is 13.9. The SMILES string of the molecule is COc1cc(F)c(S(=O)(=O)N2CC3CCCC(N)C3C2)cc1OC. The van der Waals surface area contributed by atoms with Gasteiger partial charge in [0.15, 0.2) is 11.5 Å². The summed E-state index contributed by atoms with van der Waals surface area (Å²) in [6, 6.07) is 2.24. The van der Waals surface area contributed by atoms with Crippen molar-refractivity contribution in [3.8, 4) is 11.5 Å². The molecule has 0 aromatic heterocycles. The van der Waals surface area contributed by atoms with E-state index in [0.29, 0.717) is 13.1 Å². The van der Waals surface area contributed by atoms with Gasteiger partial charge in [-0.3, -0.25) is 0 Å². The Balaban J connectivity index is 1.94. The second kappa shape index (κ2) is 6.50. The van der Waals surface area contributed by atoms with E-state index >= 15 is 0 Å². The van der Waals surface area contributed by atoms with Crippen molar-refractivity contribution in [3.63, 3.8) is 0 Å². The molecule has 134 valence electrons. The fourth-order valence-electron chi connectivity index (χ4n) is 3.84. The largest absolute Gasteiger partial charge is 0.493 e. The van der Waals surface area contributed by atoms with Crippen LogP contribution in [0.3, 0.4) is 0 Å². The molecule has 24 heavy (non-hydrogen) atoms. The number of ether oxygens (including phenoxy) is 2. The number of rotatable bonds is 4. The molecule has 0 radical (unpaired) electrons. The van der Waals surface area contributed by atoms with Gasteiger partial charge in [0.1, 0.15) is 10.7 Å². The Morgan fingerprint density at radius 3 is 2.46 bits per heavy atom. The van der Waals surface area contributed by atoms with Gasteiger partial charge in [0.05, 0.1) is 14.2 Å². The Labute approximate surface area is 141 Å². The molecule has 0 bridgehead atoms. The van der Waals surface area contributed by atoms with Crippen LogP contribution in [0.1, 0.15) is 19.3 Å². The molecule has 2 aliphatic rings. The summed E-state index contributed by atoms with van der Waals surface area (Å²) in [5.41, 5.74) is 6.15. The molecular weight excluding hydrogens is 335 g/mol. The average Bonchev–Trinajstić information content (AvgIpc) is 3.00. The summed E-state index contributed by atoms with van der Waals surface area (Å²) in [7, 11) is -1.18. The maximum absolute atomic E-state index is 14.4. The number of nitrogens with zero attached hydrogens (tertiary/aromatic N) is 1.